The Hall–Kier alpha value is -4.22. The van der Waals surface area contributed by atoms with Crippen molar-refractivity contribution in [1.29, 1.82) is 0 Å². The summed E-state index contributed by atoms with van der Waals surface area (Å²) in [6, 6.07) is 7.17. The van der Waals surface area contributed by atoms with Crippen LogP contribution in [0.25, 0.3) is 10.9 Å². The molecule has 2 saturated heterocycles. The number of ether oxygens (including phenoxy) is 1. The van der Waals surface area contributed by atoms with Gasteiger partial charge in [-0.15, -0.1) is 0 Å². The van der Waals surface area contributed by atoms with E-state index >= 15 is 0 Å². The minimum Gasteiger partial charge on any atom is -0.481 e. The fraction of sp³-hybridized carbons (Fsp3) is 0.440. The van der Waals surface area contributed by atoms with Gasteiger partial charge in [0.15, 0.2) is 12.3 Å². The number of amides is 4. The molecule has 194 valence electrons. The van der Waals surface area contributed by atoms with Crippen molar-refractivity contribution >= 4 is 34.5 Å². The fourth-order valence-corrected chi connectivity index (χ4v) is 4.87. The molecule has 2 aliphatic heterocycles. The van der Waals surface area contributed by atoms with Crippen molar-refractivity contribution in [3.8, 4) is 5.75 Å². The highest BCUT2D eigenvalue weighted by Gasteiger charge is 2.32. The molecule has 0 saturated carbocycles. The number of carbonyl (C=O) groups excluding carboxylic acids is 4. The number of piperazine rings is 1. The molecule has 2 fully saturated rings. The first kappa shape index (κ1) is 24.5. The molecule has 1 N–H and O–H groups in total. The summed E-state index contributed by atoms with van der Waals surface area (Å²) in [7, 11) is 3.55. The summed E-state index contributed by atoms with van der Waals surface area (Å²) in [5.41, 5.74) is 2.57. The van der Waals surface area contributed by atoms with E-state index in [9.17, 15) is 19.2 Å². The van der Waals surface area contributed by atoms with Crippen LogP contribution in [0.5, 0.6) is 5.75 Å². The second-order valence-electron chi connectivity index (χ2n) is 9.42. The summed E-state index contributed by atoms with van der Waals surface area (Å²) in [5.74, 6) is -0.979. The van der Waals surface area contributed by atoms with Crippen LogP contribution >= 0.6 is 0 Å². The van der Waals surface area contributed by atoms with E-state index in [1.54, 1.807) is 51.5 Å². The van der Waals surface area contributed by atoms with Crippen molar-refractivity contribution in [1.82, 2.24) is 34.7 Å². The molecule has 0 spiro atoms. The van der Waals surface area contributed by atoms with Crippen molar-refractivity contribution in [3.63, 3.8) is 0 Å². The molecular formula is C25H29N7O5. The molecule has 3 aromatic rings. The van der Waals surface area contributed by atoms with Gasteiger partial charge in [0.05, 0.1) is 11.6 Å². The molecule has 0 aliphatic carbocycles. The zero-order chi connectivity index (χ0) is 26.3. The number of nitrogens with one attached hydrogen (secondary N) is 1. The number of rotatable bonds is 5. The number of imide groups is 1. The van der Waals surface area contributed by atoms with E-state index in [1.807, 2.05) is 13.0 Å². The largest absolute Gasteiger partial charge is 0.481 e. The highest BCUT2D eigenvalue weighted by Crippen LogP contribution is 2.34. The Morgan fingerprint density at radius 3 is 2.46 bits per heavy atom. The van der Waals surface area contributed by atoms with E-state index in [1.165, 1.54) is 0 Å². The molecule has 2 aromatic heterocycles. The Labute approximate surface area is 213 Å². The van der Waals surface area contributed by atoms with Gasteiger partial charge in [0, 0.05) is 57.8 Å². The Morgan fingerprint density at radius 1 is 1.05 bits per heavy atom. The number of aromatic nitrogens is 4. The van der Waals surface area contributed by atoms with Gasteiger partial charge >= 0.3 is 0 Å². The predicted octanol–water partition coefficient (Wildman–Crippen LogP) is 0.499. The van der Waals surface area contributed by atoms with Crippen molar-refractivity contribution < 1.29 is 23.9 Å². The number of hydrogen-bond donors (Lipinski definition) is 1. The standard InChI is InChI=1S/C25H29N7O5/c1-15-13-18(27-29(15)2)25(36)32-11-9-31(10-12-32)21(34)14-37-19-6-4-5-16-22(28-30(3)23(16)19)17-7-8-20(33)26-24(17)35/h4-6,13,17H,7-12,14H2,1-3H3,(H,26,33,35). The highest BCUT2D eigenvalue weighted by atomic mass is 16.5. The fourth-order valence-electron chi connectivity index (χ4n) is 4.87. The van der Waals surface area contributed by atoms with Crippen LogP contribution in [0.4, 0.5) is 0 Å². The Bertz CT molecular complexity index is 1380. The number of para-hydroxylation sites is 1. The topological polar surface area (TPSA) is 132 Å². The van der Waals surface area contributed by atoms with Crippen molar-refractivity contribution in [3.05, 3.63) is 41.3 Å². The smallest absolute Gasteiger partial charge is 0.274 e. The molecule has 0 bridgehead atoms. The maximum atomic E-state index is 12.9. The summed E-state index contributed by atoms with van der Waals surface area (Å²) >= 11 is 0. The lowest BCUT2D eigenvalue weighted by Gasteiger charge is -2.34. The van der Waals surface area contributed by atoms with Crippen LogP contribution in [0.15, 0.2) is 24.3 Å². The van der Waals surface area contributed by atoms with Crippen LogP contribution in [0.2, 0.25) is 0 Å². The van der Waals surface area contributed by atoms with Crippen LogP contribution in [0, 0.1) is 6.92 Å². The Morgan fingerprint density at radius 2 is 1.78 bits per heavy atom. The number of carbonyl (C=O) groups is 4. The van der Waals surface area contributed by atoms with E-state index in [2.05, 4.69) is 15.5 Å². The SMILES string of the molecule is Cc1cc(C(=O)N2CCN(C(=O)COc3cccc4c(C5CCC(=O)NC5=O)nn(C)c34)CC2)nn1C. The first-order valence-electron chi connectivity index (χ1n) is 12.2. The maximum absolute atomic E-state index is 12.9. The minimum atomic E-state index is -0.521. The number of nitrogens with zero attached hydrogens (tertiary/aromatic N) is 6. The summed E-state index contributed by atoms with van der Waals surface area (Å²) < 4.78 is 9.22. The number of benzene rings is 1. The van der Waals surface area contributed by atoms with Gasteiger partial charge in [-0.1, -0.05) is 12.1 Å². The second-order valence-corrected chi connectivity index (χ2v) is 9.42. The molecule has 1 aromatic carbocycles. The normalized spacial score (nSPS) is 18.3. The first-order chi connectivity index (χ1) is 17.7. The summed E-state index contributed by atoms with van der Waals surface area (Å²) in [6.07, 6.45) is 0.661. The van der Waals surface area contributed by atoms with Gasteiger partial charge in [-0.2, -0.15) is 10.2 Å². The van der Waals surface area contributed by atoms with Crippen molar-refractivity contribution in [2.24, 2.45) is 14.1 Å². The first-order valence-corrected chi connectivity index (χ1v) is 12.2. The highest BCUT2D eigenvalue weighted by molar-refractivity contribution is 6.03. The van der Waals surface area contributed by atoms with Gasteiger partial charge < -0.3 is 14.5 Å². The second kappa shape index (κ2) is 9.68. The minimum absolute atomic E-state index is 0.137. The third-order valence-electron chi connectivity index (χ3n) is 7.03. The van der Waals surface area contributed by atoms with Crippen molar-refractivity contribution in [2.75, 3.05) is 32.8 Å². The van der Waals surface area contributed by atoms with E-state index in [-0.39, 0.29) is 36.7 Å². The van der Waals surface area contributed by atoms with Crippen LogP contribution < -0.4 is 10.1 Å². The monoisotopic (exact) mass is 507 g/mol. The lowest BCUT2D eigenvalue weighted by atomic mass is 9.93. The maximum Gasteiger partial charge on any atom is 0.274 e. The van der Waals surface area contributed by atoms with Gasteiger partial charge in [-0.25, -0.2) is 0 Å². The number of aryl methyl sites for hydroxylation is 3. The zero-order valence-electron chi connectivity index (χ0n) is 21.1. The number of hydrogen-bond acceptors (Lipinski definition) is 7. The Kier molecular flexibility index (Phi) is 6.40. The summed E-state index contributed by atoms with van der Waals surface area (Å²) in [6.45, 7) is 3.40. The molecule has 5 rings (SSSR count). The lowest BCUT2D eigenvalue weighted by Crippen LogP contribution is -2.51. The molecule has 12 nitrogen and oxygen atoms in total. The number of fused-ring (bicyclic) bond motifs is 1. The molecule has 0 radical (unpaired) electrons. The van der Waals surface area contributed by atoms with E-state index < -0.39 is 5.92 Å². The summed E-state index contributed by atoms with van der Waals surface area (Å²) in [5, 5.41) is 11.9. The van der Waals surface area contributed by atoms with Gasteiger partial charge in [0.25, 0.3) is 11.8 Å². The van der Waals surface area contributed by atoms with Crippen LogP contribution in [-0.4, -0.2) is 85.8 Å². The van der Waals surface area contributed by atoms with Gasteiger partial charge in [0.1, 0.15) is 11.3 Å². The van der Waals surface area contributed by atoms with Crippen LogP contribution in [0.1, 0.15) is 40.6 Å². The molecule has 1 unspecified atom stereocenters. The molecule has 4 amide bonds. The quantitative estimate of drug-likeness (QED) is 0.498. The van der Waals surface area contributed by atoms with Crippen LogP contribution in [-0.2, 0) is 28.5 Å². The van der Waals surface area contributed by atoms with Gasteiger partial charge in [-0.3, -0.25) is 33.9 Å². The van der Waals surface area contributed by atoms with E-state index in [0.29, 0.717) is 55.3 Å². The molecule has 1 atom stereocenters. The van der Waals surface area contributed by atoms with Crippen molar-refractivity contribution in [2.45, 2.75) is 25.7 Å². The molecular weight excluding hydrogens is 478 g/mol. The Balaban J connectivity index is 1.22. The molecule has 2 aliphatic rings. The number of piperidine rings is 1. The molecule has 37 heavy (non-hydrogen) atoms. The van der Waals surface area contributed by atoms with Crippen LogP contribution in [0.3, 0.4) is 0 Å². The average Bonchev–Trinajstić information content (AvgIpc) is 3.41. The van der Waals surface area contributed by atoms with E-state index in [4.69, 9.17) is 4.74 Å². The third kappa shape index (κ3) is 4.66. The summed E-state index contributed by atoms with van der Waals surface area (Å²) in [4.78, 5) is 53.0. The van der Waals surface area contributed by atoms with E-state index in [0.717, 1.165) is 11.1 Å². The predicted molar refractivity (Wildman–Crippen MR) is 132 cm³/mol. The average molecular weight is 508 g/mol. The molecule has 4 heterocycles. The lowest BCUT2D eigenvalue weighted by molar-refractivity contribution is -0.135. The molecule has 12 heteroatoms. The van der Waals surface area contributed by atoms with Gasteiger partial charge in [0.2, 0.25) is 11.8 Å². The van der Waals surface area contributed by atoms with Gasteiger partial charge in [-0.05, 0) is 25.5 Å². The third-order valence-corrected chi connectivity index (χ3v) is 7.03. The zero-order valence-corrected chi connectivity index (χ0v) is 21.1.